The fraction of sp³-hybridized carbons (Fsp3) is 0.571. The van der Waals surface area contributed by atoms with Crippen molar-refractivity contribution < 1.29 is 9.84 Å². The van der Waals surface area contributed by atoms with Gasteiger partial charge in [0, 0.05) is 22.5 Å². The Hall–Kier alpha value is 0.1000. The number of hydrogen-bond donors (Lipinski definition) is 1. The van der Waals surface area contributed by atoms with Crippen LogP contribution < -0.4 is 0 Å². The fourth-order valence-corrected chi connectivity index (χ4v) is 3.53. The highest BCUT2D eigenvalue weighted by Crippen LogP contribution is 2.43. The average Bonchev–Trinajstić information content (AvgIpc) is 2.28. The summed E-state index contributed by atoms with van der Waals surface area (Å²) in [5.74, 6) is 0. The van der Waals surface area contributed by atoms with E-state index in [1.807, 2.05) is 19.1 Å². The smallest absolute Gasteiger partial charge is 0.0828 e. The summed E-state index contributed by atoms with van der Waals surface area (Å²) in [6.45, 7) is 2.04. The summed E-state index contributed by atoms with van der Waals surface area (Å²) in [4.78, 5) is 0. The molecule has 0 saturated heterocycles. The molecule has 2 rings (SSSR count). The van der Waals surface area contributed by atoms with Crippen molar-refractivity contribution >= 4 is 31.9 Å². The van der Waals surface area contributed by atoms with Gasteiger partial charge in [-0.05, 0) is 49.4 Å². The third-order valence-corrected chi connectivity index (χ3v) is 5.44. The van der Waals surface area contributed by atoms with Crippen LogP contribution in [0.15, 0.2) is 21.1 Å². The van der Waals surface area contributed by atoms with E-state index >= 15 is 0 Å². The maximum atomic E-state index is 10.4. The third-order valence-electron chi connectivity index (χ3n) is 3.90. The van der Waals surface area contributed by atoms with Gasteiger partial charge in [0.2, 0.25) is 0 Å². The SMILES string of the molecule is COC1(CC(O)c2cc(Br)c(C)cc2Br)CCC1. The zero-order chi connectivity index (χ0) is 13.3. The highest BCUT2D eigenvalue weighted by molar-refractivity contribution is 9.11. The molecule has 1 unspecified atom stereocenters. The summed E-state index contributed by atoms with van der Waals surface area (Å²) in [6, 6.07) is 4.02. The molecule has 0 radical (unpaired) electrons. The van der Waals surface area contributed by atoms with Crippen molar-refractivity contribution in [3.8, 4) is 0 Å². The van der Waals surface area contributed by atoms with E-state index in [1.54, 1.807) is 7.11 Å². The lowest BCUT2D eigenvalue weighted by Gasteiger charge is -2.42. The van der Waals surface area contributed by atoms with Gasteiger partial charge in [-0.25, -0.2) is 0 Å². The molecule has 100 valence electrons. The number of halogens is 2. The van der Waals surface area contributed by atoms with E-state index in [9.17, 15) is 5.11 Å². The van der Waals surface area contributed by atoms with Crippen LogP contribution in [0.1, 0.15) is 42.9 Å². The molecule has 0 heterocycles. The molecule has 18 heavy (non-hydrogen) atoms. The van der Waals surface area contributed by atoms with Gasteiger partial charge < -0.3 is 9.84 Å². The van der Waals surface area contributed by atoms with Gasteiger partial charge in [0.15, 0.2) is 0 Å². The van der Waals surface area contributed by atoms with Gasteiger partial charge in [-0.15, -0.1) is 0 Å². The Morgan fingerprint density at radius 2 is 2.00 bits per heavy atom. The van der Waals surface area contributed by atoms with E-state index in [2.05, 4.69) is 31.9 Å². The Labute approximate surface area is 125 Å². The highest BCUT2D eigenvalue weighted by atomic mass is 79.9. The topological polar surface area (TPSA) is 29.5 Å². The monoisotopic (exact) mass is 376 g/mol. The summed E-state index contributed by atoms with van der Waals surface area (Å²) in [5, 5.41) is 10.4. The largest absolute Gasteiger partial charge is 0.388 e. The third kappa shape index (κ3) is 2.82. The first-order chi connectivity index (χ1) is 8.47. The first-order valence-electron chi connectivity index (χ1n) is 6.16. The molecular formula is C14H18Br2O2. The number of methoxy groups -OCH3 is 1. The Morgan fingerprint density at radius 3 is 2.50 bits per heavy atom. The Morgan fingerprint density at radius 1 is 1.33 bits per heavy atom. The molecule has 1 aromatic rings. The molecule has 0 bridgehead atoms. The minimum absolute atomic E-state index is 0.115. The molecule has 4 heteroatoms. The molecule has 1 aliphatic carbocycles. The van der Waals surface area contributed by atoms with Crippen LogP contribution in [-0.2, 0) is 4.74 Å². The minimum atomic E-state index is -0.489. The fourth-order valence-electron chi connectivity index (χ4n) is 2.44. The standard InChI is InChI=1S/C14H18Br2O2/c1-9-6-12(16)10(7-11(9)15)13(17)8-14(18-2)4-3-5-14/h6-7,13,17H,3-5,8H2,1-2H3. The van der Waals surface area contributed by atoms with E-state index in [-0.39, 0.29) is 5.60 Å². The minimum Gasteiger partial charge on any atom is -0.388 e. The van der Waals surface area contributed by atoms with Gasteiger partial charge in [0.05, 0.1) is 11.7 Å². The van der Waals surface area contributed by atoms with Crippen molar-refractivity contribution in [2.24, 2.45) is 0 Å². The molecule has 0 amide bonds. The van der Waals surface area contributed by atoms with Crippen molar-refractivity contribution in [3.63, 3.8) is 0 Å². The Kier molecular flexibility index (Phi) is 4.52. The van der Waals surface area contributed by atoms with Gasteiger partial charge in [0.1, 0.15) is 0 Å². The van der Waals surface area contributed by atoms with Gasteiger partial charge >= 0.3 is 0 Å². The Bertz CT molecular complexity index is 436. The molecular weight excluding hydrogens is 360 g/mol. The second-order valence-corrected chi connectivity index (χ2v) is 6.79. The predicted octanol–water partition coefficient (Wildman–Crippen LogP) is 4.51. The average molecular weight is 378 g/mol. The molecule has 1 atom stereocenters. The molecule has 1 saturated carbocycles. The molecule has 1 N–H and O–H groups in total. The molecule has 0 aromatic heterocycles. The number of ether oxygens (including phenoxy) is 1. The van der Waals surface area contributed by atoms with Crippen LogP contribution in [0.5, 0.6) is 0 Å². The lowest BCUT2D eigenvalue weighted by molar-refractivity contribution is -0.1000. The van der Waals surface area contributed by atoms with E-state index in [0.29, 0.717) is 6.42 Å². The lowest BCUT2D eigenvalue weighted by atomic mass is 9.75. The molecule has 1 aromatic carbocycles. The van der Waals surface area contributed by atoms with Gasteiger partial charge in [-0.1, -0.05) is 31.9 Å². The zero-order valence-electron chi connectivity index (χ0n) is 10.7. The number of benzene rings is 1. The van der Waals surface area contributed by atoms with Crippen LogP contribution in [0.25, 0.3) is 0 Å². The summed E-state index contributed by atoms with van der Waals surface area (Å²) >= 11 is 7.04. The number of hydrogen-bond acceptors (Lipinski definition) is 2. The van der Waals surface area contributed by atoms with Crippen LogP contribution >= 0.6 is 31.9 Å². The van der Waals surface area contributed by atoms with Gasteiger partial charge in [0.25, 0.3) is 0 Å². The molecule has 1 fully saturated rings. The molecule has 0 spiro atoms. The van der Waals surface area contributed by atoms with Crippen LogP contribution in [-0.4, -0.2) is 17.8 Å². The first-order valence-corrected chi connectivity index (χ1v) is 7.75. The predicted molar refractivity (Wildman–Crippen MR) is 79.7 cm³/mol. The van der Waals surface area contributed by atoms with Crippen molar-refractivity contribution in [1.82, 2.24) is 0 Å². The number of aliphatic hydroxyl groups is 1. The molecule has 2 nitrogen and oxygen atoms in total. The number of aryl methyl sites for hydroxylation is 1. The second-order valence-electron chi connectivity index (χ2n) is 5.08. The van der Waals surface area contributed by atoms with Crippen molar-refractivity contribution in [1.29, 1.82) is 0 Å². The zero-order valence-corrected chi connectivity index (χ0v) is 13.8. The number of aliphatic hydroxyl groups excluding tert-OH is 1. The van der Waals surface area contributed by atoms with E-state index in [4.69, 9.17) is 4.74 Å². The van der Waals surface area contributed by atoms with Gasteiger partial charge in [-0.3, -0.25) is 0 Å². The molecule has 0 aliphatic heterocycles. The summed E-state index contributed by atoms with van der Waals surface area (Å²) < 4.78 is 7.56. The molecule has 1 aliphatic rings. The highest BCUT2D eigenvalue weighted by Gasteiger charge is 2.39. The van der Waals surface area contributed by atoms with Crippen LogP contribution in [0.3, 0.4) is 0 Å². The summed E-state index contributed by atoms with van der Waals surface area (Å²) in [7, 11) is 1.74. The van der Waals surface area contributed by atoms with Gasteiger partial charge in [-0.2, -0.15) is 0 Å². The second kappa shape index (κ2) is 5.61. The maximum absolute atomic E-state index is 10.4. The summed E-state index contributed by atoms with van der Waals surface area (Å²) in [6.07, 6.45) is 3.46. The van der Waals surface area contributed by atoms with Crippen LogP contribution in [0, 0.1) is 6.92 Å². The number of rotatable bonds is 4. The van der Waals surface area contributed by atoms with Crippen molar-refractivity contribution in [2.45, 2.75) is 44.3 Å². The normalized spacial score (nSPS) is 19.4. The van der Waals surface area contributed by atoms with Crippen LogP contribution in [0.4, 0.5) is 0 Å². The van der Waals surface area contributed by atoms with E-state index < -0.39 is 6.10 Å². The van der Waals surface area contributed by atoms with E-state index in [1.165, 1.54) is 6.42 Å². The van der Waals surface area contributed by atoms with E-state index in [0.717, 1.165) is 32.9 Å². The Balaban J connectivity index is 2.18. The summed E-state index contributed by atoms with van der Waals surface area (Å²) in [5.41, 5.74) is 1.97. The quantitative estimate of drug-likeness (QED) is 0.836. The van der Waals surface area contributed by atoms with Crippen LogP contribution in [0.2, 0.25) is 0 Å². The maximum Gasteiger partial charge on any atom is 0.0828 e. The first kappa shape index (κ1) is 14.5. The van der Waals surface area contributed by atoms with Crippen molar-refractivity contribution in [3.05, 3.63) is 32.2 Å². The lowest BCUT2D eigenvalue weighted by Crippen LogP contribution is -2.40. The van der Waals surface area contributed by atoms with Crippen molar-refractivity contribution in [2.75, 3.05) is 7.11 Å².